The van der Waals surface area contributed by atoms with Gasteiger partial charge >= 0.3 is 0 Å². The van der Waals surface area contributed by atoms with Gasteiger partial charge in [-0.25, -0.2) is 0 Å². The molecule has 2 rings (SSSR count). The van der Waals surface area contributed by atoms with Gasteiger partial charge in [0.2, 0.25) is 0 Å². The molecule has 0 aliphatic rings. The first kappa shape index (κ1) is 14.6. The summed E-state index contributed by atoms with van der Waals surface area (Å²) >= 11 is 0. The molecule has 2 N–H and O–H groups in total. The third-order valence-electron chi connectivity index (χ3n) is 3.71. The molecule has 0 saturated carbocycles. The van der Waals surface area contributed by atoms with Gasteiger partial charge in [-0.2, -0.15) is 0 Å². The van der Waals surface area contributed by atoms with E-state index in [1.54, 1.807) is 0 Å². The Hall–Kier alpha value is -1.80. The van der Waals surface area contributed by atoms with E-state index in [1.807, 2.05) is 0 Å². The molecule has 20 heavy (non-hydrogen) atoms. The lowest BCUT2D eigenvalue weighted by Gasteiger charge is -2.27. The molecule has 0 amide bonds. The second-order valence-corrected chi connectivity index (χ2v) is 5.07. The summed E-state index contributed by atoms with van der Waals surface area (Å²) in [5.74, 6) is 0. The number of hydrogen-bond acceptors (Lipinski definition) is 2. The summed E-state index contributed by atoms with van der Waals surface area (Å²) in [6.07, 6.45) is 0.958. The Morgan fingerprint density at radius 1 is 0.950 bits per heavy atom. The van der Waals surface area contributed by atoms with Gasteiger partial charge in [-0.3, -0.25) is 0 Å². The van der Waals surface area contributed by atoms with E-state index in [2.05, 4.69) is 73.3 Å². The topological polar surface area (TPSA) is 29.3 Å². The van der Waals surface area contributed by atoms with E-state index >= 15 is 0 Å². The Labute approximate surface area is 122 Å². The molecule has 0 aromatic heterocycles. The number of nitrogens with zero attached hydrogens (tertiary/aromatic N) is 1. The zero-order chi connectivity index (χ0) is 14.4. The Bertz CT molecular complexity index is 522. The van der Waals surface area contributed by atoms with Crippen LogP contribution in [0.2, 0.25) is 0 Å². The van der Waals surface area contributed by atoms with Crippen LogP contribution in [0, 0.1) is 0 Å². The lowest BCUT2D eigenvalue weighted by atomic mass is 10.0. The molecule has 0 aliphatic carbocycles. The summed E-state index contributed by atoms with van der Waals surface area (Å²) in [5, 5.41) is 0. The molecule has 2 heteroatoms. The fourth-order valence-electron chi connectivity index (χ4n) is 2.48. The van der Waals surface area contributed by atoms with Crippen LogP contribution in [0.1, 0.15) is 37.4 Å². The van der Waals surface area contributed by atoms with Crippen molar-refractivity contribution >= 4 is 5.69 Å². The SMILES string of the molecule is CC[C@@H](N)c1ccccc1N(CC)Cc1ccccc1. The van der Waals surface area contributed by atoms with Crippen LogP contribution < -0.4 is 10.6 Å². The Morgan fingerprint density at radius 3 is 2.25 bits per heavy atom. The van der Waals surface area contributed by atoms with Crippen LogP contribution >= 0.6 is 0 Å². The van der Waals surface area contributed by atoms with Crippen LogP contribution in [-0.2, 0) is 6.54 Å². The standard InChI is InChI=1S/C18H24N2/c1-3-17(19)16-12-8-9-13-18(16)20(4-2)14-15-10-6-5-7-11-15/h5-13,17H,3-4,14,19H2,1-2H3/t17-/m1/s1. The highest BCUT2D eigenvalue weighted by atomic mass is 15.1. The van der Waals surface area contributed by atoms with Gasteiger partial charge in [0.25, 0.3) is 0 Å². The minimum atomic E-state index is 0.107. The maximum Gasteiger partial charge on any atom is 0.0429 e. The summed E-state index contributed by atoms with van der Waals surface area (Å²) in [5.41, 5.74) is 10.1. The molecular weight excluding hydrogens is 244 g/mol. The molecule has 0 spiro atoms. The third-order valence-corrected chi connectivity index (χ3v) is 3.71. The van der Waals surface area contributed by atoms with Crippen molar-refractivity contribution < 1.29 is 0 Å². The summed E-state index contributed by atoms with van der Waals surface area (Å²) in [6, 6.07) is 19.2. The Balaban J connectivity index is 2.28. The molecule has 2 aromatic carbocycles. The number of rotatable bonds is 6. The lowest BCUT2D eigenvalue weighted by molar-refractivity contribution is 0.690. The highest BCUT2D eigenvalue weighted by Gasteiger charge is 2.13. The van der Waals surface area contributed by atoms with Gasteiger partial charge in [-0.15, -0.1) is 0 Å². The van der Waals surface area contributed by atoms with Crippen molar-refractivity contribution in [2.45, 2.75) is 32.9 Å². The molecule has 1 atom stereocenters. The molecule has 2 nitrogen and oxygen atoms in total. The van der Waals surface area contributed by atoms with E-state index in [0.29, 0.717) is 0 Å². The summed E-state index contributed by atoms with van der Waals surface area (Å²) in [7, 11) is 0. The zero-order valence-electron chi connectivity index (χ0n) is 12.4. The lowest BCUT2D eigenvalue weighted by Crippen LogP contribution is -2.25. The average Bonchev–Trinajstić information content (AvgIpc) is 2.53. The van der Waals surface area contributed by atoms with Gasteiger partial charge < -0.3 is 10.6 Å². The van der Waals surface area contributed by atoms with Crippen LogP contribution in [0.4, 0.5) is 5.69 Å². The maximum absolute atomic E-state index is 6.25. The second kappa shape index (κ2) is 7.11. The van der Waals surface area contributed by atoms with E-state index in [9.17, 15) is 0 Å². The summed E-state index contributed by atoms with van der Waals surface area (Å²) in [4.78, 5) is 2.39. The van der Waals surface area contributed by atoms with Crippen LogP contribution in [-0.4, -0.2) is 6.54 Å². The molecule has 0 saturated heterocycles. The molecule has 0 unspecified atom stereocenters. The van der Waals surface area contributed by atoms with Gasteiger partial charge in [-0.05, 0) is 30.5 Å². The van der Waals surface area contributed by atoms with E-state index in [-0.39, 0.29) is 6.04 Å². The van der Waals surface area contributed by atoms with Crippen molar-refractivity contribution in [3.63, 3.8) is 0 Å². The molecular formula is C18H24N2. The van der Waals surface area contributed by atoms with Crippen LogP contribution in [0.5, 0.6) is 0 Å². The largest absolute Gasteiger partial charge is 0.367 e. The number of benzene rings is 2. The molecule has 0 aliphatic heterocycles. The predicted molar refractivity (Wildman–Crippen MR) is 86.8 cm³/mol. The normalized spacial score (nSPS) is 12.2. The number of hydrogen-bond donors (Lipinski definition) is 1. The van der Waals surface area contributed by atoms with E-state index in [0.717, 1.165) is 19.5 Å². The van der Waals surface area contributed by atoms with Gasteiger partial charge in [0.15, 0.2) is 0 Å². The molecule has 0 fully saturated rings. The van der Waals surface area contributed by atoms with Gasteiger partial charge in [-0.1, -0.05) is 55.5 Å². The van der Waals surface area contributed by atoms with Crippen molar-refractivity contribution in [2.24, 2.45) is 5.73 Å². The quantitative estimate of drug-likeness (QED) is 0.853. The first-order valence-electron chi connectivity index (χ1n) is 7.39. The van der Waals surface area contributed by atoms with E-state index < -0.39 is 0 Å². The van der Waals surface area contributed by atoms with Crippen LogP contribution in [0.25, 0.3) is 0 Å². The van der Waals surface area contributed by atoms with Gasteiger partial charge in [0, 0.05) is 24.8 Å². The maximum atomic E-state index is 6.25. The fourth-order valence-corrected chi connectivity index (χ4v) is 2.48. The highest BCUT2D eigenvalue weighted by molar-refractivity contribution is 5.55. The van der Waals surface area contributed by atoms with Crippen molar-refractivity contribution in [1.82, 2.24) is 0 Å². The molecule has 0 radical (unpaired) electrons. The van der Waals surface area contributed by atoms with E-state index in [4.69, 9.17) is 5.73 Å². The smallest absolute Gasteiger partial charge is 0.0429 e. The van der Waals surface area contributed by atoms with Gasteiger partial charge in [0.1, 0.15) is 0 Å². The van der Waals surface area contributed by atoms with Crippen LogP contribution in [0.3, 0.4) is 0 Å². The number of nitrogens with two attached hydrogens (primary N) is 1. The molecule has 0 bridgehead atoms. The van der Waals surface area contributed by atoms with Crippen molar-refractivity contribution in [1.29, 1.82) is 0 Å². The fraction of sp³-hybridized carbons (Fsp3) is 0.333. The molecule has 106 valence electrons. The van der Waals surface area contributed by atoms with Gasteiger partial charge in [0.05, 0.1) is 0 Å². The Kier molecular flexibility index (Phi) is 5.19. The number of para-hydroxylation sites is 1. The van der Waals surface area contributed by atoms with Crippen molar-refractivity contribution in [2.75, 3.05) is 11.4 Å². The molecule has 2 aromatic rings. The number of anilines is 1. The summed E-state index contributed by atoms with van der Waals surface area (Å²) < 4.78 is 0. The average molecular weight is 268 g/mol. The highest BCUT2D eigenvalue weighted by Crippen LogP contribution is 2.27. The first-order valence-corrected chi connectivity index (χ1v) is 7.39. The monoisotopic (exact) mass is 268 g/mol. The third kappa shape index (κ3) is 3.40. The zero-order valence-corrected chi connectivity index (χ0v) is 12.4. The Morgan fingerprint density at radius 2 is 1.60 bits per heavy atom. The first-order chi connectivity index (χ1) is 9.76. The van der Waals surface area contributed by atoms with E-state index in [1.165, 1.54) is 16.8 Å². The molecule has 0 heterocycles. The predicted octanol–water partition coefficient (Wildman–Crippen LogP) is 4.12. The minimum absolute atomic E-state index is 0.107. The second-order valence-electron chi connectivity index (χ2n) is 5.07. The van der Waals surface area contributed by atoms with Crippen molar-refractivity contribution in [3.8, 4) is 0 Å². The minimum Gasteiger partial charge on any atom is -0.367 e. The van der Waals surface area contributed by atoms with Crippen LogP contribution in [0.15, 0.2) is 54.6 Å². The van der Waals surface area contributed by atoms with Crippen molar-refractivity contribution in [3.05, 3.63) is 65.7 Å². The summed E-state index contributed by atoms with van der Waals surface area (Å²) in [6.45, 7) is 6.22.